The van der Waals surface area contributed by atoms with Crippen LogP contribution >= 0.6 is 0 Å². The number of nitrogens with two attached hydrogens (primary N) is 1. The number of hydrogen-bond donors (Lipinski definition) is 5. The minimum Gasteiger partial charge on any atom is -0.394 e. The van der Waals surface area contributed by atoms with E-state index in [0.717, 1.165) is 11.3 Å². The maximum Gasteiger partial charge on any atom is 0.187 e. The highest BCUT2D eigenvalue weighted by atomic mass is 16.7. The van der Waals surface area contributed by atoms with E-state index in [1.54, 1.807) is 10.9 Å². The summed E-state index contributed by atoms with van der Waals surface area (Å²) in [6, 6.07) is 7.50. The van der Waals surface area contributed by atoms with E-state index in [9.17, 15) is 15.3 Å². The second-order valence-electron chi connectivity index (χ2n) is 6.03. The van der Waals surface area contributed by atoms with Crippen LogP contribution in [0.3, 0.4) is 0 Å². The van der Waals surface area contributed by atoms with Crippen molar-refractivity contribution in [3.05, 3.63) is 41.7 Å². The molecule has 6 N–H and O–H groups in total. The van der Waals surface area contributed by atoms with Gasteiger partial charge >= 0.3 is 0 Å². The Bertz CT molecular complexity index is 707. The summed E-state index contributed by atoms with van der Waals surface area (Å²) in [4.78, 5) is 0. The highest BCUT2D eigenvalue weighted by molar-refractivity contribution is 5.33. The van der Waals surface area contributed by atoms with Crippen LogP contribution < -0.4 is 5.73 Å². The lowest BCUT2D eigenvalue weighted by atomic mass is 9.99. The molecular formula is C16H22N4O6. The molecule has 2 unspecified atom stereocenters. The summed E-state index contributed by atoms with van der Waals surface area (Å²) in [5.74, 6) is 0. The predicted molar refractivity (Wildman–Crippen MR) is 87.8 cm³/mol. The Morgan fingerprint density at radius 3 is 2.50 bits per heavy atom. The fourth-order valence-electron chi connectivity index (χ4n) is 2.65. The Morgan fingerprint density at radius 2 is 1.85 bits per heavy atom. The average Bonchev–Trinajstić information content (AvgIpc) is 3.15. The summed E-state index contributed by atoms with van der Waals surface area (Å²) in [5, 5.41) is 46.6. The first-order valence-electron chi connectivity index (χ1n) is 8.16. The van der Waals surface area contributed by atoms with Crippen LogP contribution in [0.2, 0.25) is 0 Å². The molecular weight excluding hydrogens is 344 g/mol. The van der Waals surface area contributed by atoms with Crippen molar-refractivity contribution in [2.24, 2.45) is 5.73 Å². The minimum absolute atomic E-state index is 0.0381. The number of ether oxygens (including phenoxy) is 2. The number of aromatic nitrogens is 3. The SMILES string of the molecule is NCc1ccc(-n2cc(CO[C@@H]3O[C@H](CO)[C@@H](O)C(O)C3O)nn2)cc1. The van der Waals surface area contributed by atoms with Crippen molar-refractivity contribution in [3.63, 3.8) is 0 Å². The van der Waals surface area contributed by atoms with Crippen LogP contribution in [0, 0.1) is 0 Å². The Kier molecular flexibility index (Phi) is 5.94. The third-order valence-corrected chi connectivity index (χ3v) is 4.22. The van der Waals surface area contributed by atoms with Crippen molar-refractivity contribution in [1.82, 2.24) is 15.0 Å². The van der Waals surface area contributed by atoms with Gasteiger partial charge in [0.2, 0.25) is 0 Å². The molecule has 2 aromatic rings. The molecule has 10 heteroatoms. The molecule has 0 amide bonds. The fourth-order valence-corrected chi connectivity index (χ4v) is 2.65. The molecule has 0 radical (unpaired) electrons. The molecule has 3 rings (SSSR count). The molecule has 2 heterocycles. The zero-order valence-corrected chi connectivity index (χ0v) is 13.9. The Labute approximate surface area is 149 Å². The van der Waals surface area contributed by atoms with Crippen molar-refractivity contribution < 1.29 is 29.9 Å². The van der Waals surface area contributed by atoms with Crippen molar-refractivity contribution in [2.45, 2.75) is 43.9 Å². The summed E-state index contributed by atoms with van der Waals surface area (Å²) in [6.45, 7) is -0.0980. The first kappa shape index (κ1) is 18.9. The van der Waals surface area contributed by atoms with E-state index in [1.165, 1.54) is 0 Å². The molecule has 0 aliphatic carbocycles. The van der Waals surface area contributed by atoms with E-state index in [4.69, 9.17) is 20.3 Å². The van der Waals surface area contributed by atoms with Gasteiger partial charge in [-0.1, -0.05) is 17.3 Å². The second kappa shape index (κ2) is 8.18. The van der Waals surface area contributed by atoms with Crippen LogP contribution in [-0.4, -0.2) is 72.7 Å². The fraction of sp³-hybridized carbons (Fsp3) is 0.500. The van der Waals surface area contributed by atoms with Crippen LogP contribution in [0.1, 0.15) is 11.3 Å². The molecule has 0 spiro atoms. The van der Waals surface area contributed by atoms with E-state index in [1.807, 2.05) is 24.3 Å². The highest BCUT2D eigenvalue weighted by Crippen LogP contribution is 2.22. The van der Waals surface area contributed by atoms with Gasteiger partial charge in [-0.05, 0) is 17.7 Å². The second-order valence-corrected chi connectivity index (χ2v) is 6.03. The minimum atomic E-state index is -1.48. The first-order chi connectivity index (χ1) is 12.5. The predicted octanol–water partition coefficient (Wildman–Crippen LogP) is -1.96. The van der Waals surface area contributed by atoms with Gasteiger partial charge in [0.1, 0.15) is 30.1 Å². The van der Waals surface area contributed by atoms with Crippen molar-refractivity contribution >= 4 is 0 Å². The molecule has 0 saturated carbocycles. The molecule has 1 saturated heterocycles. The van der Waals surface area contributed by atoms with E-state index in [0.29, 0.717) is 12.2 Å². The topological polar surface area (TPSA) is 156 Å². The number of benzene rings is 1. The summed E-state index contributed by atoms with van der Waals surface area (Å²) in [6.07, 6.45) is -4.93. The van der Waals surface area contributed by atoms with Gasteiger partial charge in [0.05, 0.1) is 25.1 Å². The molecule has 1 fully saturated rings. The quantitative estimate of drug-likeness (QED) is 0.392. The summed E-state index contributed by atoms with van der Waals surface area (Å²) in [5.41, 5.74) is 7.85. The van der Waals surface area contributed by atoms with Gasteiger partial charge in [-0.25, -0.2) is 4.68 Å². The molecule has 1 aliphatic heterocycles. The number of nitrogens with zero attached hydrogens (tertiary/aromatic N) is 3. The van der Waals surface area contributed by atoms with E-state index in [2.05, 4.69) is 10.3 Å². The smallest absolute Gasteiger partial charge is 0.187 e. The van der Waals surface area contributed by atoms with E-state index >= 15 is 0 Å². The molecule has 0 bridgehead atoms. The van der Waals surface area contributed by atoms with Crippen molar-refractivity contribution in [2.75, 3.05) is 6.61 Å². The third-order valence-electron chi connectivity index (χ3n) is 4.22. The number of rotatable bonds is 6. The zero-order chi connectivity index (χ0) is 18.7. The standard InChI is InChI=1S/C16H22N4O6/c17-5-9-1-3-11(4-2-9)20-6-10(18-19-20)8-25-16-15(24)14(23)13(22)12(7-21)26-16/h1-4,6,12-16,21-24H,5,7-8,17H2/t12-,13-,14?,15?,16-/m1/s1. The monoisotopic (exact) mass is 366 g/mol. The van der Waals surface area contributed by atoms with E-state index < -0.39 is 37.3 Å². The number of hydrogen-bond acceptors (Lipinski definition) is 9. The van der Waals surface area contributed by atoms with Crippen LogP contribution in [0.15, 0.2) is 30.5 Å². The Hall–Kier alpha value is -1.92. The molecule has 10 nitrogen and oxygen atoms in total. The van der Waals surface area contributed by atoms with Crippen molar-refractivity contribution in [3.8, 4) is 5.69 Å². The van der Waals surface area contributed by atoms with Crippen LogP contribution in [0.5, 0.6) is 0 Å². The average molecular weight is 366 g/mol. The number of aliphatic hydroxyl groups excluding tert-OH is 4. The zero-order valence-electron chi connectivity index (χ0n) is 13.9. The van der Waals surface area contributed by atoms with Gasteiger partial charge < -0.3 is 35.6 Å². The third kappa shape index (κ3) is 3.91. The Balaban J connectivity index is 1.62. The van der Waals surface area contributed by atoms with Crippen LogP contribution in [0.25, 0.3) is 5.69 Å². The largest absolute Gasteiger partial charge is 0.394 e. The molecule has 1 aliphatic rings. The van der Waals surface area contributed by atoms with E-state index in [-0.39, 0.29) is 6.61 Å². The highest BCUT2D eigenvalue weighted by Gasteiger charge is 2.44. The lowest BCUT2D eigenvalue weighted by Crippen LogP contribution is -2.59. The van der Waals surface area contributed by atoms with Gasteiger partial charge in [0.15, 0.2) is 6.29 Å². The molecule has 26 heavy (non-hydrogen) atoms. The lowest BCUT2D eigenvalue weighted by Gasteiger charge is -2.39. The summed E-state index contributed by atoms with van der Waals surface area (Å²) < 4.78 is 12.3. The van der Waals surface area contributed by atoms with Gasteiger partial charge in [0.25, 0.3) is 0 Å². The summed E-state index contributed by atoms with van der Waals surface area (Å²) in [7, 11) is 0. The van der Waals surface area contributed by atoms with Gasteiger partial charge in [-0.3, -0.25) is 0 Å². The maximum atomic E-state index is 9.94. The van der Waals surface area contributed by atoms with Gasteiger partial charge in [0, 0.05) is 6.54 Å². The molecule has 1 aromatic heterocycles. The maximum absolute atomic E-state index is 9.94. The molecule has 1 aromatic carbocycles. The van der Waals surface area contributed by atoms with Crippen LogP contribution in [0.4, 0.5) is 0 Å². The van der Waals surface area contributed by atoms with Crippen LogP contribution in [-0.2, 0) is 22.6 Å². The lowest BCUT2D eigenvalue weighted by molar-refractivity contribution is -0.304. The van der Waals surface area contributed by atoms with Crippen molar-refractivity contribution in [1.29, 1.82) is 0 Å². The summed E-state index contributed by atoms with van der Waals surface area (Å²) >= 11 is 0. The normalized spacial score (nSPS) is 29.0. The molecule has 142 valence electrons. The van der Waals surface area contributed by atoms with Gasteiger partial charge in [-0.15, -0.1) is 5.10 Å². The Morgan fingerprint density at radius 1 is 1.12 bits per heavy atom. The molecule has 5 atom stereocenters. The van der Waals surface area contributed by atoms with Gasteiger partial charge in [-0.2, -0.15) is 0 Å². The first-order valence-corrected chi connectivity index (χ1v) is 8.16. The number of aliphatic hydroxyl groups is 4.